The van der Waals surface area contributed by atoms with Crippen molar-refractivity contribution in [3.63, 3.8) is 0 Å². The molecular formula is C14H14ClN5O2. The Morgan fingerprint density at radius 3 is 2.91 bits per heavy atom. The highest BCUT2D eigenvalue weighted by atomic mass is 35.5. The number of hydrogen-bond acceptors (Lipinski definition) is 6. The number of carbonyl (C=O) groups excluding carboxylic acids is 1. The minimum absolute atomic E-state index is 0.244. The quantitative estimate of drug-likeness (QED) is 0.870. The summed E-state index contributed by atoms with van der Waals surface area (Å²) in [7, 11) is 3.65. The van der Waals surface area contributed by atoms with Gasteiger partial charge in [0, 0.05) is 31.4 Å². The zero-order valence-electron chi connectivity index (χ0n) is 12.1. The second-order valence-corrected chi connectivity index (χ2v) is 5.43. The number of anilines is 2. The summed E-state index contributed by atoms with van der Waals surface area (Å²) < 4.78 is 5.27. The lowest BCUT2D eigenvalue weighted by Crippen LogP contribution is -2.17. The Balaban J connectivity index is 1.82. The van der Waals surface area contributed by atoms with Crippen molar-refractivity contribution in [3.05, 3.63) is 40.3 Å². The largest absolute Gasteiger partial charge is 0.370 e. The van der Waals surface area contributed by atoms with Crippen molar-refractivity contribution < 1.29 is 9.53 Å². The first-order valence-corrected chi connectivity index (χ1v) is 6.99. The number of hydrogen-bond donors (Lipinski definition) is 1. The number of aromatic nitrogens is 3. The van der Waals surface area contributed by atoms with E-state index in [0.29, 0.717) is 24.6 Å². The molecule has 3 heterocycles. The van der Waals surface area contributed by atoms with Crippen LogP contribution in [0.5, 0.6) is 0 Å². The van der Waals surface area contributed by atoms with Crippen molar-refractivity contribution in [2.24, 2.45) is 0 Å². The molecule has 7 nitrogen and oxygen atoms in total. The first kappa shape index (κ1) is 14.7. The molecule has 2 aromatic heterocycles. The number of fused-ring (bicyclic) bond motifs is 1. The fourth-order valence-corrected chi connectivity index (χ4v) is 2.23. The number of rotatable bonds is 3. The second kappa shape index (κ2) is 5.86. The molecule has 0 fully saturated rings. The second-order valence-electron chi connectivity index (χ2n) is 5.04. The predicted octanol–water partition coefficient (Wildman–Crippen LogP) is 1.87. The predicted molar refractivity (Wildman–Crippen MR) is 82.1 cm³/mol. The Kier molecular flexibility index (Phi) is 3.91. The maximum Gasteiger partial charge on any atom is 0.258 e. The Bertz CT molecular complexity index is 735. The number of nitrogens with zero attached hydrogens (tertiary/aromatic N) is 4. The molecule has 0 unspecified atom stereocenters. The standard InChI is InChI=1S/C14H14ClN5O2/c1-20(2)12-4-8(3-11(15)18-12)13(21)19-14-16-5-9-6-22-7-10(9)17-14/h3-5H,6-7H2,1-2H3,(H,16,17,19,21). The van der Waals surface area contributed by atoms with Crippen LogP contribution in [0.1, 0.15) is 21.6 Å². The summed E-state index contributed by atoms with van der Waals surface area (Å²) in [6, 6.07) is 3.15. The van der Waals surface area contributed by atoms with Gasteiger partial charge >= 0.3 is 0 Å². The van der Waals surface area contributed by atoms with Gasteiger partial charge in [-0.1, -0.05) is 11.6 Å². The smallest absolute Gasteiger partial charge is 0.258 e. The maximum atomic E-state index is 12.3. The van der Waals surface area contributed by atoms with Gasteiger partial charge in [0.2, 0.25) is 5.95 Å². The summed E-state index contributed by atoms with van der Waals surface area (Å²) in [6.07, 6.45) is 1.66. The minimum Gasteiger partial charge on any atom is -0.370 e. The molecule has 3 rings (SSSR count). The molecule has 8 heteroatoms. The van der Waals surface area contributed by atoms with Gasteiger partial charge < -0.3 is 9.64 Å². The normalized spacial score (nSPS) is 12.9. The number of pyridine rings is 1. The van der Waals surface area contributed by atoms with E-state index in [-0.39, 0.29) is 17.0 Å². The highest BCUT2D eigenvalue weighted by molar-refractivity contribution is 6.30. The van der Waals surface area contributed by atoms with Gasteiger partial charge in [0.05, 0.1) is 18.9 Å². The molecule has 0 saturated heterocycles. The number of carbonyl (C=O) groups is 1. The summed E-state index contributed by atoms with van der Waals surface area (Å²) >= 11 is 5.95. The molecule has 0 bridgehead atoms. The number of halogens is 1. The summed E-state index contributed by atoms with van der Waals surface area (Å²) in [4.78, 5) is 26.6. The highest BCUT2D eigenvalue weighted by Gasteiger charge is 2.16. The van der Waals surface area contributed by atoms with Gasteiger partial charge in [-0.15, -0.1) is 0 Å². The van der Waals surface area contributed by atoms with Crippen LogP contribution in [0, 0.1) is 0 Å². The molecule has 1 amide bonds. The van der Waals surface area contributed by atoms with E-state index in [1.807, 2.05) is 14.1 Å². The molecule has 1 aliphatic heterocycles. The van der Waals surface area contributed by atoms with Crippen LogP contribution in [-0.2, 0) is 18.0 Å². The molecule has 0 radical (unpaired) electrons. The van der Waals surface area contributed by atoms with Gasteiger partial charge in [0.25, 0.3) is 5.91 Å². The lowest BCUT2D eigenvalue weighted by Gasteiger charge is -2.13. The number of nitrogens with one attached hydrogen (secondary N) is 1. The lowest BCUT2D eigenvalue weighted by molar-refractivity contribution is 0.102. The molecule has 0 saturated carbocycles. The van der Waals surface area contributed by atoms with E-state index in [4.69, 9.17) is 16.3 Å². The molecule has 0 aromatic carbocycles. The molecule has 22 heavy (non-hydrogen) atoms. The lowest BCUT2D eigenvalue weighted by atomic mass is 10.2. The monoisotopic (exact) mass is 319 g/mol. The summed E-state index contributed by atoms with van der Waals surface area (Å²) in [5, 5.41) is 2.91. The minimum atomic E-state index is -0.341. The van der Waals surface area contributed by atoms with E-state index in [1.54, 1.807) is 17.2 Å². The molecule has 0 spiro atoms. The van der Waals surface area contributed by atoms with Crippen molar-refractivity contribution in [3.8, 4) is 0 Å². The van der Waals surface area contributed by atoms with Crippen LogP contribution < -0.4 is 10.2 Å². The highest BCUT2D eigenvalue weighted by Crippen LogP contribution is 2.19. The Morgan fingerprint density at radius 1 is 1.32 bits per heavy atom. The van der Waals surface area contributed by atoms with E-state index in [1.165, 1.54) is 6.07 Å². The number of amides is 1. The zero-order valence-corrected chi connectivity index (χ0v) is 12.9. The van der Waals surface area contributed by atoms with E-state index in [9.17, 15) is 4.79 Å². The molecule has 2 aromatic rings. The zero-order chi connectivity index (χ0) is 15.7. The van der Waals surface area contributed by atoms with Crippen LogP contribution in [0.25, 0.3) is 0 Å². The fourth-order valence-electron chi connectivity index (χ4n) is 2.02. The van der Waals surface area contributed by atoms with Crippen molar-refractivity contribution in [1.82, 2.24) is 15.0 Å². The van der Waals surface area contributed by atoms with Crippen molar-refractivity contribution >= 4 is 29.3 Å². The van der Waals surface area contributed by atoms with E-state index in [2.05, 4.69) is 20.3 Å². The number of ether oxygens (including phenoxy) is 1. The third kappa shape index (κ3) is 3.00. The van der Waals surface area contributed by atoms with Crippen LogP contribution >= 0.6 is 11.6 Å². The Hall–Kier alpha value is -2.25. The first-order valence-electron chi connectivity index (χ1n) is 6.62. The van der Waals surface area contributed by atoms with Crippen LogP contribution in [0.15, 0.2) is 18.3 Å². The van der Waals surface area contributed by atoms with Gasteiger partial charge in [-0.25, -0.2) is 15.0 Å². The van der Waals surface area contributed by atoms with E-state index >= 15 is 0 Å². The first-order chi connectivity index (χ1) is 10.5. The third-order valence-electron chi connectivity index (χ3n) is 3.18. The molecule has 114 valence electrons. The maximum absolute atomic E-state index is 12.3. The van der Waals surface area contributed by atoms with E-state index in [0.717, 1.165) is 11.3 Å². The van der Waals surface area contributed by atoms with Gasteiger partial charge in [0.15, 0.2) is 0 Å². The van der Waals surface area contributed by atoms with Crippen LogP contribution in [0.3, 0.4) is 0 Å². The summed E-state index contributed by atoms with van der Waals surface area (Å²) in [5.41, 5.74) is 2.14. The van der Waals surface area contributed by atoms with Crippen molar-refractivity contribution in [2.45, 2.75) is 13.2 Å². The molecule has 1 N–H and O–H groups in total. The molecular weight excluding hydrogens is 306 g/mol. The van der Waals surface area contributed by atoms with Crippen molar-refractivity contribution in [1.29, 1.82) is 0 Å². The summed E-state index contributed by atoms with van der Waals surface area (Å²) in [5.74, 6) is 0.501. The Morgan fingerprint density at radius 2 is 2.14 bits per heavy atom. The SMILES string of the molecule is CN(C)c1cc(C(=O)Nc2ncc3c(n2)COC3)cc(Cl)n1. The van der Waals surface area contributed by atoms with Crippen molar-refractivity contribution in [2.75, 3.05) is 24.3 Å². The van der Waals surface area contributed by atoms with Crippen LogP contribution in [-0.4, -0.2) is 35.0 Å². The molecule has 0 aliphatic carbocycles. The average molecular weight is 320 g/mol. The average Bonchev–Trinajstić information content (AvgIpc) is 2.94. The molecule has 0 atom stereocenters. The van der Waals surface area contributed by atoms with Gasteiger partial charge in [-0.05, 0) is 12.1 Å². The molecule has 1 aliphatic rings. The van der Waals surface area contributed by atoms with Crippen LogP contribution in [0.4, 0.5) is 11.8 Å². The van der Waals surface area contributed by atoms with Gasteiger partial charge in [-0.3, -0.25) is 10.1 Å². The van der Waals surface area contributed by atoms with Gasteiger partial charge in [-0.2, -0.15) is 0 Å². The van der Waals surface area contributed by atoms with Gasteiger partial charge in [0.1, 0.15) is 11.0 Å². The fraction of sp³-hybridized carbons (Fsp3) is 0.286. The third-order valence-corrected chi connectivity index (χ3v) is 3.37. The summed E-state index contributed by atoms with van der Waals surface area (Å²) in [6.45, 7) is 0.947. The van der Waals surface area contributed by atoms with E-state index < -0.39 is 0 Å². The topological polar surface area (TPSA) is 80.2 Å². The van der Waals surface area contributed by atoms with Crippen LogP contribution in [0.2, 0.25) is 5.15 Å². The Labute approximate surface area is 132 Å².